The van der Waals surface area contributed by atoms with Gasteiger partial charge < -0.3 is 11.1 Å². The van der Waals surface area contributed by atoms with Crippen molar-refractivity contribution in [2.24, 2.45) is 5.73 Å². The molecule has 1 unspecified atom stereocenters. The first-order valence-electron chi connectivity index (χ1n) is 4.51. The number of benzene rings is 1. The molecule has 4 heteroatoms. The molecule has 0 heterocycles. The first kappa shape index (κ1) is 11.8. The predicted octanol–water partition coefficient (Wildman–Crippen LogP) is 2.43. The molecule has 1 rings (SSSR count). The molecule has 1 atom stereocenters. The molecule has 2 nitrogen and oxygen atoms in total. The van der Waals surface area contributed by atoms with Gasteiger partial charge in [-0.15, -0.1) is 0 Å². The highest BCUT2D eigenvalue weighted by atomic mass is 35.5. The second-order valence-electron chi connectivity index (χ2n) is 3.25. The zero-order valence-electron chi connectivity index (χ0n) is 8.06. The van der Waals surface area contributed by atoms with E-state index in [0.717, 1.165) is 10.6 Å². The van der Waals surface area contributed by atoms with E-state index in [0.29, 0.717) is 18.1 Å². The van der Waals surface area contributed by atoms with Crippen molar-refractivity contribution in [2.45, 2.75) is 19.5 Å². The van der Waals surface area contributed by atoms with Gasteiger partial charge in [0.2, 0.25) is 0 Å². The summed E-state index contributed by atoms with van der Waals surface area (Å²) in [5.41, 5.74) is 6.48. The van der Waals surface area contributed by atoms with Crippen LogP contribution in [0.4, 0.5) is 0 Å². The molecule has 0 radical (unpaired) electrons. The Hall–Kier alpha value is -0.280. The summed E-state index contributed by atoms with van der Waals surface area (Å²) >= 11 is 11.8. The Morgan fingerprint density at radius 2 is 2.14 bits per heavy atom. The molecule has 0 aliphatic carbocycles. The van der Waals surface area contributed by atoms with Crippen LogP contribution in [0.25, 0.3) is 0 Å². The Balaban J connectivity index is 2.62. The molecule has 14 heavy (non-hydrogen) atoms. The van der Waals surface area contributed by atoms with Crippen molar-refractivity contribution < 1.29 is 0 Å². The van der Waals surface area contributed by atoms with Gasteiger partial charge >= 0.3 is 0 Å². The number of nitrogens with two attached hydrogens (primary N) is 1. The van der Waals surface area contributed by atoms with Crippen molar-refractivity contribution >= 4 is 23.2 Å². The van der Waals surface area contributed by atoms with E-state index >= 15 is 0 Å². The van der Waals surface area contributed by atoms with E-state index in [-0.39, 0.29) is 6.04 Å². The van der Waals surface area contributed by atoms with Gasteiger partial charge in [0.25, 0.3) is 0 Å². The normalized spacial score (nSPS) is 12.9. The van der Waals surface area contributed by atoms with Crippen molar-refractivity contribution in [3.63, 3.8) is 0 Å². The average Bonchev–Trinajstić information content (AvgIpc) is 2.19. The van der Waals surface area contributed by atoms with Gasteiger partial charge in [-0.2, -0.15) is 0 Å². The number of hydrogen-bond donors (Lipinski definition) is 2. The van der Waals surface area contributed by atoms with Crippen molar-refractivity contribution in [1.29, 1.82) is 0 Å². The molecule has 0 saturated carbocycles. The molecular weight excluding hydrogens is 219 g/mol. The molecule has 1 aromatic carbocycles. The van der Waals surface area contributed by atoms with E-state index in [1.165, 1.54) is 0 Å². The third kappa shape index (κ3) is 3.46. The quantitative estimate of drug-likeness (QED) is 0.838. The number of rotatable bonds is 4. The molecule has 1 aromatic rings. The third-order valence-corrected chi connectivity index (χ3v) is 2.61. The standard InChI is InChI=1S/C10H14Cl2N2/c1-7(5-13)14-6-8-4-9(11)2-3-10(8)12/h2-4,7,14H,5-6,13H2,1H3. The van der Waals surface area contributed by atoms with Crippen LogP contribution in [0, 0.1) is 0 Å². The second kappa shape index (κ2) is 5.56. The second-order valence-corrected chi connectivity index (χ2v) is 4.10. The van der Waals surface area contributed by atoms with Crippen molar-refractivity contribution in [2.75, 3.05) is 6.54 Å². The topological polar surface area (TPSA) is 38.0 Å². The van der Waals surface area contributed by atoms with Gasteiger partial charge in [0, 0.05) is 29.2 Å². The fourth-order valence-corrected chi connectivity index (χ4v) is 1.43. The van der Waals surface area contributed by atoms with Gasteiger partial charge in [0.1, 0.15) is 0 Å². The van der Waals surface area contributed by atoms with Crippen molar-refractivity contribution in [3.05, 3.63) is 33.8 Å². The third-order valence-electron chi connectivity index (χ3n) is 2.00. The highest BCUT2D eigenvalue weighted by Gasteiger charge is 2.03. The zero-order valence-corrected chi connectivity index (χ0v) is 9.57. The van der Waals surface area contributed by atoms with Crippen LogP contribution in [0.5, 0.6) is 0 Å². The molecule has 0 aliphatic rings. The van der Waals surface area contributed by atoms with Gasteiger partial charge in [-0.3, -0.25) is 0 Å². The Morgan fingerprint density at radius 1 is 1.43 bits per heavy atom. The Labute approximate surface area is 94.4 Å². The van der Waals surface area contributed by atoms with Gasteiger partial charge in [0.15, 0.2) is 0 Å². The monoisotopic (exact) mass is 232 g/mol. The summed E-state index contributed by atoms with van der Waals surface area (Å²) in [6, 6.07) is 5.72. The van der Waals surface area contributed by atoms with Crippen LogP contribution in [0.15, 0.2) is 18.2 Å². The van der Waals surface area contributed by atoms with Gasteiger partial charge in [-0.05, 0) is 30.7 Å². The molecule has 0 spiro atoms. The van der Waals surface area contributed by atoms with Crippen molar-refractivity contribution in [1.82, 2.24) is 5.32 Å². The van der Waals surface area contributed by atoms with Crippen LogP contribution in [0.3, 0.4) is 0 Å². The number of halogens is 2. The molecule has 78 valence electrons. The minimum atomic E-state index is 0.282. The maximum absolute atomic E-state index is 5.99. The number of hydrogen-bond acceptors (Lipinski definition) is 2. The van der Waals surface area contributed by atoms with E-state index in [4.69, 9.17) is 28.9 Å². The minimum absolute atomic E-state index is 0.282. The molecule has 0 aliphatic heterocycles. The van der Waals surface area contributed by atoms with Crippen molar-refractivity contribution in [3.8, 4) is 0 Å². The first-order valence-corrected chi connectivity index (χ1v) is 5.26. The molecule has 3 N–H and O–H groups in total. The summed E-state index contributed by atoms with van der Waals surface area (Å²) in [6.45, 7) is 3.33. The molecule has 0 bridgehead atoms. The zero-order chi connectivity index (χ0) is 10.6. The van der Waals surface area contributed by atoms with E-state index in [1.807, 2.05) is 13.0 Å². The van der Waals surface area contributed by atoms with Crippen LogP contribution < -0.4 is 11.1 Å². The van der Waals surface area contributed by atoms with E-state index in [2.05, 4.69) is 5.32 Å². The molecule has 0 aromatic heterocycles. The van der Waals surface area contributed by atoms with Crippen LogP contribution >= 0.6 is 23.2 Å². The van der Waals surface area contributed by atoms with Crippen LogP contribution in [0.2, 0.25) is 10.0 Å². The predicted molar refractivity (Wildman–Crippen MR) is 61.8 cm³/mol. The van der Waals surface area contributed by atoms with E-state index in [9.17, 15) is 0 Å². The smallest absolute Gasteiger partial charge is 0.0451 e. The maximum Gasteiger partial charge on any atom is 0.0451 e. The summed E-state index contributed by atoms with van der Waals surface area (Å²) in [7, 11) is 0. The summed E-state index contributed by atoms with van der Waals surface area (Å²) in [5, 5.41) is 4.68. The van der Waals surface area contributed by atoms with Crippen LogP contribution in [0.1, 0.15) is 12.5 Å². The van der Waals surface area contributed by atoms with Gasteiger partial charge in [-0.25, -0.2) is 0 Å². The maximum atomic E-state index is 5.99. The Bertz CT molecular complexity index is 302. The summed E-state index contributed by atoms with van der Waals surface area (Å²) in [6.07, 6.45) is 0. The van der Waals surface area contributed by atoms with E-state index < -0.39 is 0 Å². The summed E-state index contributed by atoms with van der Waals surface area (Å²) < 4.78 is 0. The minimum Gasteiger partial charge on any atom is -0.329 e. The largest absolute Gasteiger partial charge is 0.329 e. The molecule has 0 saturated heterocycles. The van der Waals surface area contributed by atoms with Gasteiger partial charge in [0.05, 0.1) is 0 Å². The number of nitrogens with one attached hydrogen (secondary N) is 1. The summed E-state index contributed by atoms with van der Waals surface area (Å²) in [4.78, 5) is 0. The van der Waals surface area contributed by atoms with Gasteiger partial charge in [-0.1, -0.05) is 23.2 Å². The lowest BCUT2D eigenvalue weighted by atomic mass is 10.2. The fourth-order valence-electron chi connectivity index (χ4n) is 1.05. The lowest BCUT2D eigenvalue weighted by molar-refractivity contribution is 0.556. The highest BCUT2D eigenvalue weighted by Crippen LogP contribution is 2.20. The van der Waals surface area contributed by atoms with E-state index in [1.54, 1.807) is 12.1 Å². The fraction of sp³-hybridized carbons (Fsp3) is 0.400. The average molecular weight is 233 g/mol. The lowest BCUT2D eigenvalue weighted by Gasteiger charge is -2.12. The SMILES string of the molecule is CC(CN)NCc1cc(Cl)ccc1Cl. The lowest BCUT2D eigenvalue weighted by Crippen LogP contribution is -2.32. The highest BCUT2D eigenvalue weighted by molar-refractivity contribution is 6.33. The molecule has 0 fully saturated rings. The molecular formula is C10H14Cl2N2. The van der Waals surface area contributed by atoms with Crippen LogP contribution in [-0.2, 0) is 6.54 Å². The van der Waals surface area contributed by atoms with Crippen LogP contribution in [-0.4, -0.2) is 12.6 Å². The Kier molecular flexibility index (Phi) is 4.69. The Morgan fingerprint density at radius 3 is 2.79 bits per heavy atom. The first-order chi connectivity index (χ1) is 6.63. The molecule has 0 amide bonds. The summed E-state index contributed by atoms with van der Waals surface area (Å²) in [5.74, 6) is 0.